The third-order valence-electron chi connectivity index (χ3n) is 5.88. The minimum atomic E-state index is -3.05. The number of halogens is 1. The summed E-state index contributed by atoms with van der Waals surface area (Å²) in [6.07, 6.45) is 0. The van der Waals surface area contributed by atoms with Crippen LogP contribution in [0.2, 0.25) is 0 Å². The molecule has 0 aromatic rings. The van der Waals surface area contributed by atoms with E-state index in [9.17, 15) is 8.42 Å². The highest BCUT2D eigenvalue weighted by Crippen LogP contribution is 2.24. The van der Waals surface area contributed by atoms with Crippen LogP contribution in [0.4, 0.5) is 0 Å². The zero-order chi connectivity index (χ0) is 20.2. The van der Waals surface area contributed by atoms with Gasteiger partial charge in [0.15, 0.2) is 15.8 Å². The van der Waals surface area contributed by atoms with E-state index in [0.29, 0.717) is 25.0 Å². The van der Waals surface area contributed by atoms with Crippen molar-refractivity contribution in [3.63, 3.8) is 0 Å². The first-order valence-corrected chi connectivity index (χ1v) is 11.9. The van der Waals surface area contributed by atoms with Gasteiger partial charge in [-0.2, -0.15) is 0 Å². The molecule has 0 spiro atoms. The molecule has 2 heterocycles. The minimum absolute atomic E-state index is 0. The molecule has 2 saturated heterocycles. The summed E-state index contributed by atoms with van der Waals surface area (Å²) in [6, 6.07) is 0.411. The molecule has 1 N–H and O–H groups in total. The molecule has 9 heteroatoms. The van der Waals surface area contributed by atoms with Gasteiger partial charge in [-0.05, 0) is 33.7 Å². The number of nitrogens with zero attached hydrogens (tertiary/aromatic N) is 4. The molecule has 0 aromatic heterocycles. The van der Waals surface area contributed by atoms with Gasteiger partial charge < -0.3 is 15.1 Å². The van der Waals surface area contributed by atoms with Gasteiger partial charge >= 0.3 is 0 Å². The second kappa shape index (κ2) is 10.8. The summed E-state index contributed by atoms with van der Waals surface area (Å²) in [7, 11) is -0.871. The molecule has 0 saturated carbocycles. The normalized spacial score (nSPS) is 24.7. The van der Waals surface area contributed by atoms with Crippen LogP contribution in [-0.4, -0.2) is 105 Å². The molecule has 0 aliphatic carbocycles. The van der Waals surface area contributed by atoms with Crippen molar-refractivity contribution in [3.8, 4) is 0 Å². The van der Waals surface area contributed by atoms with Crippen molar-refractivity contribution >= 4 is 39.8 Å². The highest BCUT2D eigenvalue weighted by Gasteiger charge is 2.41. The monoisotopic (exact) mass is 529 g/mol. The number of hydrogen-bond acceptors (Lipinski definition) is 5. The van der Waals surface area contributed by atoms with Crippen LogP contribution < -0.4 is 5.32 Å². The van der Waals surface area contributed by atoms with E-state index in [0.717, 1.165) is 45.2 Å². The summed E-state index contributed by atoms with van der Waals surface area (Å²) in [5, 5.41) is 3.38. The zero-order valence-corrected chi connectivity index (χ0v) is 21.6. The maximum Gasteiger partial charge on any atom is 0.194 e. The molecule has 2 rings (SSSR count). The average Bonchev–Trinajstić information content (AvgIpc) is 2.58. The molecule has 1 unspecified atom stereocenters. The first kappa shape index (κ1) is 25.9. The lowest BCUT2D eigenvalue weighted by Gasteiger charge is -2.41. The summed E-state index contributed by atoms with van der Waals surface area (Å²) in [6.45, 7) is 17.1. The second-order valence-corrected chi connectivity index (χ2v) is 11.6. The van der Waals surface area contributed by atoms with Crippen LogP contribution in [0.15, 0.2) is 4.99 Å². The fourth-order valence-electron chi connectivity index (χ4n) is 3.83. The van der Waals surface area contributed by atoms with Crippen LogP contribution in [0.1, 0.15) is 34.6 Å². The molecule has 2 fully saturated rings. The molecule has 2 aliphatic heterocycles. The Labute approximate surface area is 189 Å². The van der Waals surface area contributed by atoms with Gasteiger partial charge in [0.1, 0.15) is 0 Å². The number of aliphatic imine (C=N–C) groups is 1. The first-order chi connectivity index (χ1) is 12.6. The fraction of sp³-hybridized carbons (Fsp3) is 0.947. The van der Waals surface area contributed by atoms with Crippen LogP contribution >= 0.6 is 24.0 Å². The summed E-state index contributed by atoms with van der Waals surface area (Å²) in [4.78, 5) is 12.0. The predicted octanol–water partition coefficient (Wildman–Crippen LogP) is 1.35. The molecular weight excluding hydrogens is 489 g/mol. The van der Waals surface area contributed by atoms with Crippen molar-refractivity contribution in [2.24, 2.45) is 10.9 Å². The molecule has 1 atom stereocenters. The Bertz CT molecular complexity index is 616. The van der Waals surface area contributed by atoms with E-state index < -0.39 is 14.6 Å². The number of likely N-dealkylation sites (N-methyl/N-ethyl adjacent to an activating group) is 1. The molecule has 28 heavy (non-hydrogen) atoms. The number of rotatable bonds is 5. The minimum Gasteiger partial charge on any atom is -0.357 e. The molecule has 0 radical (unpaired) electrons. The Hall–Kier alpha value is -0.130. The molecule has 7 nitrogen and oxygen atoms in total. The SMILES string of the molecule is CCNC(=NCC(C(C)C)N1CCN(C)CC1)N1CCS(=O)(=O)C(C)(C)C1.I. The Balaban J connectivity index is 0.00000392. The third-order valence-corrected chi connectivity index (χ3v) is 8.42. The van der Waals surface area contributed by atoms with Crippen LogP contribution in [0.5, 0.6) is 0 Å². The quantitative estimate of drug-likeness (QED) is 0.330. The Morgan fingerprint density at radius 3 is 2.25 bits per heavy atom. The van der Waals surface area contributed by atoms with Crippen molar-refractivity contribution < 1.29 is 8.42 Å². The number of nitrogens with one attached hydrogen (secondary N) is 1. The fourth-order valence-corrected chi connectivity index (χ4v) is 5.20. The first-order valence-electron chi connectivity index (χ1n) is 10.3. The zero-order valence-electron chi connectivity index (χ0n) is 18.4. The number of piperazine rings is 1. The summed E-state index contributed by atoms with van der Waals surface area (Å²) < 4.78 is 23.9. The largest absolute Gasteiger partial charge is 0.357 e. The van der Waals surface area contributed by atoms with Gasteiger partial charge in [-0.15, -0.1) is 24.0 Å². The van der Waals surface area contributed by atoms with Gasteiger partial charge in [-0.25, -0.2) is 8.42 Å². The second-order valence-electron chi connectivity index (χ2n) is 8.85. The summed E-state index contributed by atoms with van der Waals surface area (Å²) in [5.74, 6) is 1.56. The number of sulfone groups is 1. The maximum atomic E-state index is 12.3. The predicted molar refractivity (Wildman–Crippen MR) is 129 cm³/mol. The van der Waals surface area contributed by atoms with Crippen molar-refractivity contribution in [3.05, 3.63) is 0 Å². The van der Waals surface area contributed by atoms with Crippen LogP contribution in [-0.2, 0) is 9.84 Å². The molecule has 0 amide bonds. The van der Waals surface area contributed by atoms with E-state index in [4.69, 9.17) is 4.99 Å². The third kappa shape index (κ3) is 6.43. The van der Waals surface area contributed by atoms with Gasteiger partial charge in [0.05, 0.1) is 17.0 Å². The Morgan fingerprint density at radius 1 is 1.14 bits per heavy atom. The molecule has 0 bridgehead atoms. The lowest BCUT2D eigenvalue weighted by atomic mass is 10.0. The van der Waals surface area contributed by atoms with Crippen molar-refractivity contribution in [1.29, 1.82) is 0 Å². The standard InChI is InChI=1S/C19H39N5O2S.HI/c1-7-20-18(24-12-13-27(25,26)19(4,5)15-24)21-14-17(16(2)3)23-10-8-22(6)9-11-23;/h16-17H,7-15H2,1-6H3,(H,20,21);1H. The smallest absolute Gasteiger partial charge is 0.194 e. The van der Waals surface area contributed by atoms with E-state index in [2.05, 4.69) is 47.8 Å². The van der Waals surface area contributed by atoms with Crippen molar-refractivity contribution in [1.82, 2.24) is 20.0 Å². The van der Waals surface area contributed by atoms with Crippen LogP contribution in [0.3, 0.4) is 0 Å². The van der Waals surface area contributed by atoms with Gasteiger partial charge in [0.2, 0.25) is 0 Å². The average molecular weight is 530 g/mol. The molecule has 2 aliphatic rings. The highest BCUT2D eigenvalue weighted by atomic mass is 127. The van der Waals surface area contributed by atoms with Crippen molar-refractivity contribution in [2.45, 2.75) is 45.4 Å². The van der Waals surface area contributed by atoms with Crippen molar-refractivity contribution in [2.75, 3.05) is 65.2 Å². The van der Waals surface area contributed by atoms with E-state index in [1.165, 1.54) is 0 Å². The Kier molecular flexibility index (Phi) is 9.96. The maximum absolute atomic E-state index is 12.3. The number of guanidine groups is 1. The van der Waals surface area contributed by atoms with Gasteiger partial charge in [-0.3, -0.25) is 9.89 Å². The van der Waals surface area contributed by atoms with E-state index in [1.807, 2.05) is 13.8 Å². The summed E-state index contributed by atoms with van der Waals surface area (Å²) >= 11 is 0. The molecule has 0 aromatic carbocycles. The van der Waals surface area contributed by atoms with Gasteiger partial charge in [0, 0.05) is 51.9 Å². The van der Waals surface area contributed by atoms with Crippen LogP contribution in [0, 0.1) is 5.92 Å². The van der Waals surface area contributed by atoms with Gasteiger partial charge in [0.25, 0.3) is 0 Å². The van der Waals surface area contributed by atoms with Crippen LogP contribution in [0.25, 0.3) is 0 Å². The van der Waals surface area contributed by atoms with E-state index in [-0.39, 0.29) is 29.7 Å². The summed E-state index contributed by atoms with van der Waals surface area (Å²) in [5.41, 5.74) is 0. The number of hydrogen-bond donors (Lipinski definition) is 1. The topological polar surface area (TPSA) is 68.2 Å². The van der Waals surface area contributed by atoms with E-state index in [1.54, 1.807) is 0 Å². The van der Waals surface area contributed by atoms with Gasteiger partial charge in [-0.1, -0.05) is 13.8 Å². The lowest BCUT2D eigenvalue weighted by molar-refractivity contribution is 0.0924. The lowest BCUT2D eigenvalue weighted by Crippen LogP contribution is -2.57. The van der Waals surface area contributed by atoms with E-state index >= 15 is 0 Å². The molecular formula is C19H40IN5O2S. The highest BCUT2D eigenvalue weighted by molar-refractivity contribution is 14.0. The molecule has 166 valence electrons. The Morgan fingerprint density at radius 2 is 1.75 bits per heavy atom.